The van der Waals surface area contributed by atoms with Gasteiger partial charge in [0.05, 0.1) is 0 Å². The molecule has 0 aliphatic heterocycles. The molecule has 0 aliphatic rings. The second-order valence-corrected chi connectivity index (χ2v) is 5.61. The van der Waals surface area contributed by atoms with Crippen molar-refractivity contribution in [1.29, 1.82) is 0 Å². The summed E-state index contributed by atoms with van der Waals surface area (Å²) in [7, 11) is -5.17. The molecular weight excluding hydrogens is 321 g/mol. The first-order valence-electron chi connectivity index (χ1n) is 1.87. The van der Waals surface area contributed by atoms with Gasteiger partial charge in [-0.15, -0.1) is 0 Å². The minimum atomic E-state index is -5.17. The maximum atomic E-state index is 8.52. The van der Waals surface area contributed by atoms with Crippen LogP contribution in [0.15, 0.2) is 0 Å². The van der Waals surface area contributed by atoms with Crippen LogP contribution in [0, 0.1) is 0 Å². The molecule has 0 atom stereocenters. The van der Waals surface area contributed by atoms with Crippen molar-refractivity contribution in [3.05, 3.63) is 0 Å². The summed E-state index contributed by atoms with van der Waals surface area (Å²) in [5, 5.41) is 0. The zero-order valence-corrected chi connectivity index (χ0v) is 10.8. The van der Waals surface area contributed by atoms with Crippen molar-refractivity contribution >= 4 is 10.4 Å². The molecule has 0 aliphatic carbocycles. The van der Waals surface area contributed by atoms with Gasteiger partial charge in [-0.2, -0.15) is 0 Å². The quantitative estimate of drug-likeness (QED) is 0.346. The molecule has 0 saturated carbocycles. The molecule has 0 bridgehead atoms. The molecule has 0 amide bonds. The van der Waals surface area contributed by atoms with Gasteiger partial charge in [0.15, 0.2) is 0 Å². The Bertz CT molecular complexity index is 108. The molecule has 0 aromatic rings. The fourth-order valence-corrected chi connectivity index (χ4v) is 0. The molecule has 4 nitrogen and oxygen atoms in total. The van der Waals surface area contributed by atoms with Crippen molar-refractivity contribution in [2.24, 2.45) is 0 Å². The Morgan fingerprint density at radius 1 is 1.50 bits per heavy atom. The molecule has 0 radical (unpaired) electrons. The molecule has 0 rings (SSSR count). The van der Waals surface area contributed by atoms with E-state index >= 15 is 0 Å². The Balaban J connectivity index is 0. The Morgan fingerprint density at radius 2 is 1.50 bits per heavy atom. The topological polar surface area (TPSA) is 80.3 Å². The first kappa shape index (κ1) is 11.6. The average Bonchev–Trinajstić information content (AvgIpc) is 1.27. The van der Waals surface area contributed by atoms with Gasteiger partial charge >= 0.3 is 37.0 Å². The average molecular weight is 326 g/mol. The Hall–Kier alpha value is 0.805. The predicted molar refractivity (Wildman–Crippen MR) is 21.0 cm³/mol. The minimum Gasteiger partial charge on any atom is -0.759 e. The van der Waals surface area contributed by atoms with Crippen LogP contribution in [-0.2, 0) is 36.5 Å². The van der Waals surface area contributed by atoms with E-state index in [-0.39, 0.29) is 0 Å². The van der Waals surface area contributed by atoms with Gasteiger partial charge in [0.2, 0.25) is 0 Å². The second-order valence-electron chi connectivity index (χ2n) is 0.908. The minimum absolute atomic E-state index is 1.07. The van der Waals surface area contributed by atoms with E-state index in [0.29, 0.717) is 0 Å². The maximum Gasteiger partial charge on any atom is 0.0311 e. The van der Waals surface area contributed by atoms with E-state index in [1.807, 2.05) is 0 Å². The first-order chi connectivity index (χ1) is 3.41. The summed E-state index contributed by atoms with van der Waals surface area (Å²) in [4.78, 5) is 0. The van der Waals surface area contributed by atoms with Crippen molar-refractivity contribution in [2.75, 3.05) is 0 Å². The molecule has 0 heterocycles. The molecule has 6 heteroatoms. The molecule has 0 aromatic carbocycles. The van der Waals surface area contributed by atoms with Gasteiger partial charge in [0.1, 0.15) is 0 Å². The molecule has 8 heavy (non-hydrogen) atoms. The van der Waals surface area contributed by atoms with Crippen LogP contribution < -0.4 is 0 Å². The van der Waals surface area contributed by atoms with Gasteiger partial charge in [-0.25, -0.2) is 0 Å². The third-order valence-electron chi connectivity index (χ3n) is 0. The Kier molecular flexibility index (Phi) is 8.59. The van der Waals surface area contributed by atoms with Crippen molar-refractivity contribution in [3.63, 3.8) is 0 Å². The van der Waals surface area contributed by atoms with Crippen molar-refractivity contribution in [2.45, 2.75) is 10.9 Å². The Labute approximate surface area is 64.8 Å². The molecular formula is C2H5HgO4S. The van der Waals surface area contributed by atoms with Gasteiger partial charge in [0, 0.05) is 10.4 Å². The van der Waals surface area contributed by atoms with Crippen molar-refractivity contribution in [3.8, 4) is 0 Å². The van der Waals surface area contributed by atoms with Gasteiger partial charge in [0.25, 0.3) is 0 Å². The van der Waals surface area contributed by atoms with E-state index in [2.05, 4.69) is 6.92 Å². The zero-order valence-electron chi connectivity index (χ0n) is 4.46. The molecule has 0 saturated heterocycles. The van der Waals surface area contributed by atoms with Gasteiger partial charge in [-0.05, 0) is 0 Å². The van der Waals surface area contributed by atoms with E-state index in [4.69, 9.17) is 17.5 Å². The van der Waals surface area contributed by atoms with Crippen LogP contribution in [0.3, 0.4) is 0 Å². The summed E-state index contributed by atoms with van der Waals surface area (Å²) in [6.45, 7) is 2.21. The van der Waals surface area contributed by atoms with Crippen LogP contribution in [0.1, 0.15) is 6.92 Å². The summed E-state index contributed by atoms with van der Waals surface area (Å²) < 4.78 is 35.5. The monoisotopic (exact) mass is 327 g/mol. The molecule has 0 N–H and O–H groups in total. The summed E-state index contributed by atoms with van der Waals surface area (Å²) in [5.74, 6) is 0. The van der Waals surface area contributed by atoms with Crippen LogP contribution >= 0.6 is 0 Å². The summed E-state index contributed by atoms with van der Waals surface area (Å²) in [6, 6.07) is 0. The molecule has 0 unspecified atom stereocenters. The smallest absolute Gasteiger partial charge is 0.0311 e. The Morgan fingerprint density at radius 3 is 1.50 bits per heavy atom. The van der Waals surface area contributed by atoms with Gasteiger partial charge in [-0.3, -0.25) is 8.42 Å². The molecule has 0 aromatic heterocycles. The molecule has 45 valence electrons. The number of rotatable bonds is 0. The second kappa shape index (κ2) is 5.93. The predicted octanol–water partition coefficient (Wildman–Crippen LogP) is -0.367. The summed E-state index contributed by atoms with van der Waals surface area (Å²) >= 11 is 1.07. The SMILES string of the molecule is C[CH2][Hg+2].O=S(=O)([O-])[O-]. The molecule has 0 fully saturated rings. The third-order valence-corrected chi connectivity index (χ3v) is 0. The van der Waals surface area contributed by atoms with E-state index in [1.54, 1.807) is 0 Å². The number of hydrogen-bond acceptors (Lipinski definition) is 4. The van der Waals surface area contributed by atoms with Gasteiger partial charge in [-0.1, -0.05) is 0 Å². The van der Waals surface area contributed by atoms with Crippen LogP contribution in [0.5, 0.6) is 0 Å². The van der Waals surface area contributed by atoms with E-state index in [0.717, 1.165) is 26.1 Å². The standard InChI is InChI=1S/C2H5.Hg.H2O4S/c1-2;;1-5(2,3)4/h1H2,2H3;;(H2,1,2,3,4)/q;+2;/p-2. The van der Waals surface area contributed by atoms with E-state index < -0.39 is 10.4 Å². The zero-order chi connectivity index (χ0) is 7.21. The summed E-state index contributed by atoms with van der Waals surface area (Å²) in [5.41, 5.74) is 0. The van der Waals surface area contributed by atoms with Crippen LogP contribution in [0.25, 0.3) is 0 Å². The normalized spacial score (nSPS) is 9.62. The maximum absolute atomic E-state index is 8.52. The van der Waals surface area contributed by atoms with E-state index in [9.17, 15) is 0 Å². The van der Waals surface area contributed by atoms with Crippen molar-refractivity contribution < 1.29 is 43.6 Å². The number of hydrogen-bond donors (Lipinski definition) is 0. The third kappa shape index (κ3) is 354. The first-order valence-corrected chi connectivity index (χ1v) is 7.09. The fraction of sp³-hybridized carbons (Fsp3) is 1.00. The summed E-state index contributed by atoms with van der Waals surface area (Å²) in [6.07, 6.45) is 0. The van der Waals surface area contributed by atoms with Crippen LogP contribution in [0.2, 0.25) is 3.93 Å². The largest absolute Gasteiger partial charge is 0.759 e. The molecule has 0 spiro atoms. The van der Waals surface area contributed by atoms with Crippen LogP contribution in [0.4, 0.5) is 0 Å². The van der Waals surface area contributed by atoms with E-state index in [1.165, 1.54) is 3.93 Å². The van der Waals surface area contributed by atoms with Crippen molar-refractivity contribution in [1.82, 2.24) is 0 Å². The van der Waals surface area contributed by atoms with Crippen LogP contribution in [-0.4, -0.2) is 17.5 Å². The fourth-order valence-electron chi connectivity index (χ4n) is 0. The van der Waals surface area contributed by atoms with Gasteiger partial charge < -0.3 is 9.11 Å².